The molecule has 0 spiro atoms. The maximum atomic E-state index is 11.2. The van der Waals surface area contributed by atoms with Gasteiger partial charge in [0, 0.05) is 5.56 Å². The van der Waals surface area contributed by atoms with Crippen molar-refractivity contribution in [2.75, 3.05) is 13.3 Å². The van der Waals surface area contributed by atoms with Crippen LogP contribution in [0, 0.1) is 13.5 Å². The lowest BCUT2D eigenvalue weighted by atomic mass is 10.1. The zero-order valence-electron chi connectivity index (χ0n) is 9.51. The number of carbonyl (C=O) groups excluding carboxylic acids is 1. The van der Waals surface area contributed by atoms with E-state index in [1.165, 1.54) is 0 Å². The summed E-state index contributed by atoms with van der Waals surface area (Å²) in [5, 5.41) is 10.6. The van der Waals surface area contributed by atoms with E-state index in [1.54, 1.807) is 0 Å². The van der Waals surface area contributed by atoms with Crippen molar-refractivity contribution >= 4 is 6.09 Å². The first-order valence-corrected chi connectivity index (χ1v) is 5.12. The number of benzene rings is 1. The first-order valence-electron chi connectivity index (χ1n) is 5.12. The third kappa shape index (κ3) is 4.13. The van der Waals surface area contributed by atoms with Crippen LogP contribution in [0.3, 0.4) is 0 Å². The molecule has 0 heterocycles. The van der Waals surface area contributed by atoms with Gasteiger partial charge in [0.2, 0.25) is 6.10 Å². The second-order valence-corrected chi connectivity index (χ2v) is 3.48. The van der Waals surface area contributed by atoms with Crippen LogP contribution < -0.4 is 5.32 Å². The van der Waals surface area contributed by atoms with Crippen LogP contribution in [0.15, 0.2) is 24.3 Å². The highest BCUT2D eigenvalue weighted by Gasteiger charge is 2.19. The normalized spacial score (nSPS) is 11.4. The van der Waals surface area contributed by atoms with Crippen molar-refractivity contribution in [1.29, 1.82) is 0 Å². The van der Waals surface area contributed by atoms with Crippen molar-refractivity contribution < 1.29 is 14.6 Å². The fourth-order valence-corrected chi connectivity index (χ4v) is 1.31. The van der Waals surface area contributed by atoms with Crippen LogP contribution in [0.5, 0.6) is 0 Å². The van der Waals surface area contributed by atoms with Crippen LogP contribution in [0.25, 0.3) is 4.85 Å². The molecule has 0 saturated carbocycles. The summed E-state index contributed by atoms with van der Waals surface area (Å²) in [6.07, 6.45) is -1.35. The van der Waals surface area contributed by atoms with Crippen molar-refractivity contribution in [2.24, 2.45) is 0 Å². The van der Waals surface area contributed by atoms with Gasteiger partial charge in [0.1, 0.15) is 6.73 Å². The quantitative estimate of drug-likeness (QED) is 0.614. The topological polar surface area (TPSA) is 62.9 Å². The molecule has 1 amide bonds. The number of alkyl carbamates (subject to hydrolysis) is 1. The van der Waals surface area contributed by atoms with Crippen LogP contribution in [-0.4, -0.2) is 24.5 Å². The highest BCUT2D eigenvalue weighted by atomic mass is 16.6. The zero-order valence-corrected chi connectivity index (χ0v) is 9.51. The van der Waals surface area contributed by atoms with Gasteiger partial charge in [-0.3, -0.25) is 5.32 Å². The number of nitrogens with one attached hydrogen (secondary N) is 1. The highest BCUT2D eigenvalue weighted by Crippen LogP contribution is 2.18. The Morgan fingerprint density at radius 3 is 2.71 bits per heavy atom. The lowest BCUT2D eigenvalue weighted by Gasteiger charge is -2.13. The second kappa shape index (κ2) is 6.51. The molecule has 1 rings (SSSR count). The number of hydrogen-bond donors (Lipinski definition) is 2. The number of amides is 1. The summed E-state index contributed by atoms with van der Waals surface area (Å²) in [6, 6.07) is 7.41. The molecule has 1 aromatic rings. The van der Waals surface area contributed by atoms with Gasteiger partial charge in [0.25, 0.3) is 6.54 Å². The number of ether oxygens (including phenoxy) is 1. The monoisotopic (exact) mass is 234 g/mol. The highest BCUT2D eigenvalue weighted by molar-refractivity contribution is 5.67. The molecule has 2 N–H and O–H groups in total. The van der Waals surface area contributed by atoms with Crippen molar-refractivity contribution in [2.45, 2.75) is 13.0 Å². The maximum absolute atomic E-state index is 11.2. The van der Waals surface area contributed by atoms with Gasteiger partial charge >= 0.3 is 6.09 Å². The number of aliphatic hydroxyl groups excluding tert-OH is 1. The molecule has 5 nitrogen and oxygen atoms in total. The molecule has 0 radical (unpaired) electrons. The van der Waals surface area contributed by atoms with Crippen LogP contribution in [0.1, 0.15) is 17.2 Å². The summed E-state index contributed by atoms with van der Waals surface area (Å²) in [4.78, 5) is 14.4. The minimum atomic E-state index is -0.735. The van der Waals surface area contributed by atoms with E-state index < -0.39 is 18.9 Å². The fraction of sp³-hybridized carbons (Fsp3) is 0.333. The van der Waals surface area contributed by atoms with E-state index in [1.807, 2.05) is 31.2 Å². The number of aliphatic hydroxyl groups is 1. The van der Waals surface area contributed by atoms with E-state index in [4.69, 9.17) is 16.4 Å². The number of hydrogen-bond acceptors (Lipinski definition) is 3. The second-order valence-electron chi connectivity index (χ2n) is 3.48. The van der Waals surface area contributed by atoms with E-state index in [0.29, 0.717) is 0 Å². The summed E-state index contributed by atoms with van der Waals surface area (Å²) in [6.45, 7) is 8.35. The number of carbonyl (C=O) groups is 1. The van der Waals surface area contributed by atoms with Gasteiger partial charge < -0.3 is 14.7 Å². The Labute approximate surface area is 99.8 Å². The average molecular weight is 234 g/mol. The van der Waals surface area contributed by atoms with Crippen molar-refractivity contribution in [3.05, 3.63) is 46.8 Å². The molecule has 0 fully saturated rings. The molecule has 1 atom stereocenters. The lowest BCUT2D eigenvalue weighted by molar-refractivity contribution is 0.0965. The van der Waals surface area contributed by atoms with Gasteiger partial charge in [-0.15, -0.1) is 0 Å². The van der Waals surface area contributed by atoms with Gasteiger partial charge in [-0.05, 0) is 6.92 Å². The predicted molar refractivity (Wildman–Crippen MR) is 62.1 cm³/mol. The summed E-state index contributed by atoms with van der Waals surface area (Å²) in [5.41, 5.74) is 1.86. The minimum Gasteiger partial charge on any atom is -0.433 e. The predicted octanol–water partition coefficient (Wildman–Crippen LogP) is 1.63. The third-order valence-electron chi connectivity index (χ3n) is 2.18. The van der Waals surface area contributed by atoms with Crippen LogP contribution in [-0.2, 0) is 4.74 Å². The summed E-state index contributed by atoms with van der Waals surface area (Å²) >= 11 is 0. The molecule has 0 aliphatic heterocycles. The molecular formula is C12H14N2O3. The molecule has 90 valence electrons. The van der Waals surface area contributed by atoms with Crippen LogP contribution in [0.4, 0.5) is 4.79 Å². The molecule has 0 aromatic heterocycles. The van der Waals surface area contributed by atoms with Gasteiger partial charge in [0.15, 0.2) is 0 Å². The van der Waals surface area contributed by atoms with E-state index in [9.17, 15) is 4.79 Å². The van der Waals surface area contributed by atoms with E-state index >= 15 is 0 Å². The summed E-state index contributed by atoms with van der Waals surface area (Å²) in [5.74, 6) is 0. The van der Waals surface area contributed by atoms with E-state index in [-0.39, 0.29) is 6.54 Å². The van der Waals surface area contributed by atoms with Gasteiger partial charge in [-0.2, -0.15) is 0 Å². The van der Waals surface area contributed by atoms with Gasteiger partial charge in [-0.25, -0.2) is 11.4 Å². The third-order valence-corrected chi connectivity index (χ3v) is 2.18. The Morgan fingerprint density at radius 1 is 1.53 bits per heavy atom. The lowest BCUT2D eigenvalue weighted by Crippen LogP contribution is -2.27. The van der Waals surface area contributed by atoms with Crippen LogP contribution >= 0.6 is 0 Å². The molecule has 0 saturated heterocycles. The molecule has 0 aliphatic carbocycles. The zero-order chi connectivity index (χ0) is 12.7. The van der Waals surface area contributed by atoms with Gasteiger partial charge in [-0.1, -0.05) is 29.8 Å². The van der Waals surface area contributed by atoms with Gasteiger partial charge in [0.05, 0.1) is 0 Å². The van der Waals surface area contributed by atoms with E-state index in [2.05, 4.69) is 10.2 Å². The molecular weight excluding hydrogens is 220 g/mol. The Balaban J connectivity index is 2.75. The Bertz CT molecular complexity index is 409. The fourth-order valence-electron chi connectivity index (χ4n) is 1.31. The summed E-state index contributed by atoms with van der Waals surface area (Å²) in [7, 11) is 0. The molecule has 1 aromatic carbocycles. The smallest absolute Gasteiger partial charge is 0.409 e. The number of aryl methyl sites for hydroxylation is 1. The standard InChI is InChI=1S/C12H14N2O3/c1-9-3-5-10(6-4-9)11(7-13-2)17-12(16)14-8-15/h3-6,11,15H,7-8H2,1H3,(H,14,16). The Morgan fingerprint density at radius 2 is 2.18 bits per heavy atom. The number of rotatable bonds is 4. The van der Waals surface area contributed by atoms with Crippen molar-refractivity contribution in [1.82, 2.24) is 5.32 Å². The molecule has 17 heavy (non-hydrogen) atoms. The molecule has 0 bridgehead atoms. The first kappa shape index (κ1) is 13.0. The molecule has 5 heteroatoms. The Kier molecular flexibility index (Phi) is 4.98. The van der Waals surface area contributed by atoms with Crippen molar-refractivity contribution in [3.63, 3.8) is 0 Å². The first-order chi connectivity index (χ1) is 8.17. The largest absolute Gasteiger partial charge is 0.433 e. The van der Waals surface area contributed by atoms with Crippen LogP contribution in [0.2, 0.25) is 0 Å². The van der Waals surface area contributed by atoms with E-state index in [0.717, 1.165) is 11.1 Å². The minimum absolute atomic E-state index is 0.0574. The van der Waals surface area contributed by atoms with Crippen molar-refractivity contribution in [3.8, 4) is 0 Å². The number of nitrogens with zero attached hydrogens (tertiary/aromatic N) is 1. The maximum Gasteiger partial charge on any atom is 0.409 e. The Hall–Kier alpha value is -2.06. The molecule has 0 aliphatic rings. The average Bonchev–Trinajstić information content (AvgIpc) is 2.30. The summed E-state index contributed by atoms with van der Waals surface area (Å²) < 4.78 is 5.03. The SMILES string of the molecule is [C-]#[N+]CC(OC(=O)NCO)c1ccc(C)cc1. The molecule has 1 unspecified atom stereocenters.